The van der Waals surface area contributed by atoms with Crippen molar-refractivity contribution in [2.24, 2.45) is 0 Å². The molecule has 1 aromatic rings. The van der Waals surface area contributed by atoms with Crippen LogP contribution in [0.2, 0.25) is 0 Å². The molecular weight excluding hydrogens is 184 g/mol. The number of rotatable bonds is 4. The highest BCUT2D eigenvalue weighted by Crippen LogP contribution is 2.09. The zero-order valence-corrected chi connectivity index (χ0v) is 8.48. The Kier molecular flexibility index (Phi) is 4.01. The molecule has 1 rings (SSSR count). The second kappa shape index (κ2) is 5.05. The van der Waals surface area contributed by atoms with Crippen molar-refractivity contribution in [2.75, 3.05) is 6.54 Å². The Labute approximate surface area is 83.1 Å². The minimum absolute atomic E-state index is 0.336. The van der Waals surface area contributed by atoms with Crippen LogP contribution in [-0.2, 0) is 6.42 Å². The minimum atomic E-state index is -0.383. The third-order valence-corrected chi connectivity index (χ3v) is 1.95. The van der Waals surface area contributed by atoms with E-state index in [1.54, 1.807) is 0 Å². The lowest BCUT2D eigenvalue weighted by molar-refractivity contribution is 0.558. The lowest BCUT2D eigenvalue weighted by atomic mass is 10.1. The number of hydrogen-bond acceptors (Lipinski definition) is 1. The first-order valence-electron chi connectivity index (χ1n) is 4.77. The average Bonchev–Trinajstić information content (AvgIpc) is 2.10. The maximum atomic E-state index is 13.1. The smallest absolute Gasteiger partial charge is 0.126 e. The van der Waals surface area contributed by atoms with Crippen LogP contribution >= 0.6 is 0 Å². The Morgan fingerprint density at radius 1 is 1.29 bits per heavy atom. The van der Waals surface area contributed by atoms with E-state index in [4.69, 9.17) is 0 Å². The third kappa shape index (κ3) is 3.42. The molecule has 0 bridgehead atoms. The molecule has 0 saturated carbocycles. The lowest BCUT2D eigenvalue weighted by Gasteiger charge is -2.08. The maximum Gasteiger partial charge on any atom is 0.126 e. The van der Waals surface area contributed by atoms with Crippen LogP contribution in [0.4, 0.5) is 8.78 Å². The number of halogens is 2. The van der Waals surface area contributed by atoms with Gasteiger partial charge in [-0.1, -0.05) is 13.8 Å². The van der Waals surface area contributed by atoms with Crippen LogP contribution in [0.15, 0.2) is 18.2 Å². The molecule has 1 N–H and O–H groups in total. The second-order valence-corrected chi connectivity index (χ2v) is 3.59. The molecule has 0 atom stereocenters. The number of hydrogen-bond donors (Lipinski definition) is 1. The van der Waals surface area contributed by atoms with Gasteiger partial charge >= 0.3 is 0 Å². The lowest BCUT2D eigenvalue weighted by Crippen LogP contribution is -2.25. The normalized spacial score (nSPS) is 10.9. The van der Waals surface area contributed by atoms with Gasteiger partial charge in [-0.2, -0.15) is 0 Å². The van der Waals surface area contributed by atoms with Crippen LogP contribution in [0.25, 0.3) is 0 Å². The van der Waals surface area contributed by atoms with Gasteiger partial charge in [-0.15, -0.1) is 0 Å². The highest BCUT2D eigenvalue weighted by atomic mass is 19.1. The molecule has 0 aliphatic carbocycles. The van der Waals surface area contributed by atoms with Crippen molar-refractivity contribution in [1.82, 2.24) is 5.32 Å². The summed E-state index contributed by atoms with van der Waals surface area (Å²) in [6.07, 6.45) is 0.516. The highest BCUT2D eigenvalue weighted by Gasteiger charge is 2.03. The summed E-state index contributed by atoms with van der Waals surface area (Å²) in [6, 6.07) is 3.91. The van der Waals surface area contributed by atoms with Gasteiger partial charge in [0, 0.05) is 6.04 Å². The Hall–Kier alpha value is -0.960. The van der Waals surface area contributed by atoms with Gasteiger partial charge in [0.1, 0.15) is 11.6 Å². The van der Waals surface area contributed by atoms with Gasteiger partial charge in [-0.05, 0) is 36.7 Å². The molecule has 0 aliphatic heterocycles. The summed E-state index contributed by atoms with van der Waals surface area (Å²) in [7, 11) is 0. The summed E-state index contributed by atoms with van der Waals surface area (Å²) < 4.78 is 25.8. The molecule has 0 unspecified atom stereocenters. The summed E-state index contributed by atoms with van der Waals surface area (Å²) in [4.78, 5) is 0. The van der Waals surface area contributed by atoms with Crippen molar-refractivity contribution >= 4 is 0 Å². The van der Waals surface area contributed by atoms with Gasteiger partial charge in [0.25, 0.3) is 0 Å². The van der Waals surface area contributed by atoms with Crippen molar-refractivity contribution < 1.29 is 8.78 Å². The van der Waals surface area contributed by atoms with Gasteiger partial charge in [0.15, 0.2) is 0 Å². The average molecular weight is 199 g/mol. The van der Waals surface area contributed by atoms with E-state index in [9.17, 15) is 8.78 Å². The highest BCUT2D eigenvalue weighted by molar-refractivity contribution is 5.18. The third-order valence-electron chi connectivity index (χ3n) is 1.95. The molecule has 78 valence electrons. The summed E-state index contributed by atoms with van der Waals surface area (Å²) in [5.74, 6) is -0.720. The summed E-state index contributed by atoms with van der Waals surface area (Å²) in [5, 5.41) is 3.15. The van der Waals surface area contributed by atoms with Gasteiger partial charge in [-0.25, -0.2) is 8.78 Å². The molecule has 0 spiro atoms. The Bertz CT molecular complexity index is 297. The first-order chi connectivity index (χ1) is 6.59. The van der Waals surface area contributed by atoms with Gasteiger partial charge < -0.3 is 5.32 Å². The minimum Gasteiger partial charge on any atom is -0.314 e. The van der Waals surface area contributed by atoms with E-state index in [1.807, 2.05) is 13.8 Å². The van der Waals surface area contributed by atoms with Crippen molar-refractivity contribution in [3.05, 3.63) is 35.4 Å². The van der Waals surface area contributed by atoms with Crippen molar-refractivity contribution in [3.63, 3.8) is 0 Å². The van der Waals surface area contributed by atoms with E-state index in [-0.39, 0.29) is 11.6 Å². The Balaban J connectivity index is 2.53. The maximum absolute atomic E-state index is 13.1. The van der Waals surface area contributed by atoms with Gasteiger partial charge in [0.05, 0.1) is 0 Å². The van der Waals surface area contributed by atoms with Crippen LogP contribution in [0.1, 0.15) is 19.4 Å². The molecule has 3 heteroatoms. The van der Waals surface area contributed by atoms with Crippen LogP contribution < -0.4 is 5.32 Å². The quantitative estimate of drug-likeness (QED) is 0.785. The molecule has 0 saturated heterocycles. The van der Waals surface area contributed by atoms with E-state index in [0.29, 0.717) is 24.6 Å². The predicted octanol–water partition coefficient (Wildman–Crippen LogP) is 2.51. The van der Waals surface area contributed by atoms with E-state index >= 15 is 0 Å². The van der Waals surface area contributed by atoms with Crippen LogP contribution in [0.3, 0.4) is 0 Å². The molecule has 0 heterocycles. The van der Waals surface area contributed by atoms with Gasteiger partial charge in [-0.3, -0.25) is 0 Å². The molecule has 0 aromatic heterocycles. The fourth-order valence-corrected chi connectivity index (χ4v) is 1.23. The standard InChI is InChI=1S/C11H15F2N/c1-8(2)14-6-5-9-7-10(12)3-4-11(9)13/h3-4,7-8,14H,5-6H2,1-2H3. The van der Waals surface area contributed by atoms with Crippen LogP contribution in [0.5, 0.6) is 0 Å². The Morgan fingerprint density at radius 2 is 2.00 bits per heavy atom. The van der Waals surface area contributed by atoms with E-state index in [2.05, 4.69) is 5.32 Å². The molecular formula is C11H15F2N. The first-order valence-corrected chi connectivity index (χ1v) is 4.77. The molecule has 0 amide bonds. The molecule has 0 fully saturated rings. The van der Waals surface area contributed by atoms with E-state index in [0.717, 1.165) is 6.07 Å². The van der Waals surface area contributed by atoms with E-state index in [1.165, 1.54) is 12.1 Å². The zero-order valence-electron chi connectivity index (χ0n) is 8.48. The van der Waals surface area contributed by atoms with Crippen LogP contribution in [-0.4, -0.2) is 12.6 Å². The second-order valence-electron chi connectivity index (χ2n) is 3.59. The molecule has 14 heavy (non-hydrogen) atoms. The van der Waals surface area contributed by atoms with E-state index < -0.39 is 0 Å². The molecule has 0 radical (unpaired) electrons. The molecule has 1 aromatic carbocycles. The van der Waals surface area contributed by atoms with Crippen LogP contribution in [0, 0.1) is 11.6 Å². The number of benzene rings is 1. The fourth-order valence-electron chi connectivity index (χ4n) is 1.23. The fraction of sp³-hybridized carbons (Fsp3) is 0.455. The zero-order chi connectivity index (χ0) is 10.6. The Morgan fingerprint density at radius 3 is 2.64 bits per heavy atom. The summed E-state index contributed by atoms with van der Waals surface area (Å²) in [5.41, 5.74) is 0.429. The summed E-state index contributed by atoms with van der Waals surface area (Å²) >= 11 is 0. The molecule has 1 nitrogen and oxygen atoms in total. The monoisotopic (exact) mass is 199 g/mol. The first kappa shape index (κ1) is 11.1. The van der Waals surface area contributed by atoms with Crippen molar-refractivity contribution in [3.8, 4) is 0 Å². The van der Waals surface area contributed by atoms with Crippen molar-refractivity contribution in [1.29, 1.82) is 0 Å². The topological polar surface area (TPSA) is 12.0 Å². The largest absolute Gasteiger partial charge is 0.314 e. The van der Waals surface area contributed by atoms with Gasteiger partial charge in [0.2, 0.25) is 0 Å². The number of nitrogens with one attached hydrogen (secondary N) is 1. The summed E-state index contributed by atoms with van der Waals surface area (Å²) in [6.45, 7) is 4.70. The molecule has 0 aliphatic rings. The SMILES string of the molecule is CC(C)NCCc1cc(F)ccc1F. The van der Waals surface area contributed by atoms with Crippen molar-refractivity contribution in [2.45, 2.75) is 26.3 Å². The predicted molar refractivity (Wildman–Crippen MR) is 53.2 cm³/mol.